The van der Waals surface area contributed by atoms with Crippen LogP contribution >= 0.6 is 22.9 Å². The molecule has 0 aliphatic rings. The number of ether oxygens (including phenoxy) is 1. The number of carbonyl (C=O) groups is 1. The fourth-order valence-electron chi connectivity index (χ4n) is 2.66. The normalized spacial score (nSPS) is 11.7. The molecule has 9 heteroatoms. The van der Waals surface area contributed by atoms with Crippen LogP contribution in [0.15, 0.2) is 48.5 Å². The molecule has 2 amide bonds. The Morgan fingerprint density at radius 3 is 2.55 bits per heavy atom. The summed E-state index contributed by atoms with van der Waals surface area (Å²) in [4.78, 5) is 12.5. The molecule has 1 unspecified atom stereocenters. The highest BCUT2D eigenvalue weighted by atomic mass is 35.5. The van der Waals surface area contributed by atoms with Gasteiger partial charge in [0, 0.05) is 23.7 Å². The molecule has 0 aliphatic carbocycles. The van der Waals surface area contributed by atoms with E-state index in [1.165, 1.54) is 11.3 Å². The average Bonchev–Trinajstić information content (AvgIpc) is 3.19. The zero-order valence-electron chi connectivity index (χ0n) is 15.8. The monoisotopic (exact) mass is 432 g/mol. The Hall–Kier alpha value is -2.68. The first-order valence-corrected chi connectivity index (χ1v) is 10.2. The standard InChI is InChI=1S/C20H21ClN4O3S/c1-28-16-8-2-13(3-9-16)12-17(19-25-24-18(29-19)10-11-26)23-20(27)22-15-6-4-14(21)5-7-15/h2-9,17,26H,10-12H2,1H3,(H2,22,23,27). The van der Waals surface area contributed by atoms with Crippen molar-refractivity contribution in [3.63, 3.8) is 0 Å². The molecule has 1 aromatic heterocycles. The number of benzene rings is 2. The van der Waals surface area contributed by atoms with Gasteiger partial charge in [-0.3, -0.25) is 0 Å². The Morgan fingerprint density at radius 1 is 1.17 bits per heavy atom. The summed E-state index contributed by atoms with van der Waals surface area (Å²) in [5, 5.41) is 25.2. The summed E-state index contributed by atoms with van der Waals surface area (Å²) in [6.07, 6.45) is 0.968. The van der Waals surface area contributed by atoms with Crippen molar-refractivity contribution in [2.75, 3.05) is 19.0 Å². The number of aliphatic hydroxyl groups excluding tert-OH is 1. The Bertz CT molecular complexity index is 932. The quantitative estimate of drug-likeness (QED) is 0.502. The van der Waals surface area contributed by atoms with Crippen LogP contribution in [0.4, 0.5) is 10.5 Å². The molecule has 3 rings (SSSR count). The summed E-state index contributed by atoms with van der Waals surface area (Å²) in [7, 11) is 1.62. The van der Waals surface area contributed by atoms with Crippen LogP contribution in [0.3, 0.4) is 0 Å². The van der Waals surface area contributed by atoms with E-state index in [2.05, 4.69) is 20.8 Å². The van der Waals surface area contributed by atoms with Crippen LogP contribution in [0, 0.1) is 0 Å². The third-order valence-electron chi connectivity index (χ3n) is 4.11. The van der Waals surface area contributed by atoms with E-state index in [0.717, 1.165) is 16.3 Å². The Kier molecular flexibility index (Phi) is 7.40. The molecular formula is C20H21ClN4O3S. The summed E-state index contributed by atoms with van der Waals surface area (Å²) >= 11 is 7.26. The smallest absolute Gasteiger partial charge is 0.319 e. The molecule has 0 bridgehead atoms. The number of aromatic nitrogens is 2. The number of urea groups is 1. The zero-order valence-corrected chi connectivity index (χ0v) is 17.3. The van der Waals surface area contributed by atoms with Crippen LogP contribution in [-0.4, -0.2) is 35.1 Å². The van der Waals surface area contributed by atoms with Crippen LogP contribution in [0.5, 0.6) is 5.75 Å². The van der Waals surface area contributed by atoms with Gasteiger partial charge in [-0.2, -0.15) is 0 Å². The van der Waals surface area contributed by atoms with Gasteiger partial charge in [-0.05, 0) is 48.4 Å². The second kappa shape index (κ2) is 10.2. The molecule has 0 saturated carbocycles. The largest absolute Gasteiger partial charge is 0.497 e. The van der Waals surface area contributed by atoms with Crippen LogP contribution in [0.1, 0.15) is 21.6 Å². The number of halogens is 1. The lowest BCUT2D eigenvalue weighted by atomic mass is 10.1. The fourth-order valence-corrected chi connectivity index (χ4v) is 3.67. The van der Waals surface area contributed by atoms with Crippen LogP contribution < -0.4 is 15.4 Å². The van der Waals surface area contributed by atoms with E-state index in [1.54, 1.807) is 31.4 Å². The van der Waals surface area contributed by atoms with Crippen molar-refractivity contribution < 1.29 is 14.6 Å². The number of carbonyl (C=O) groups excluding carboxylic acids is 1. The van der Waals surface area contributed by atoms with Gasteiger partial charge >= 0.3 is 6.03 Å². The summed E-state index contributed by atoms with van der Waals surface area (Å²) in [5.74, 6) is 0.764. The van der Waals surface area contributed by atoms with Gasteiger partial charge in [-0.25, -0.2) is 4.79 Å². The number of methoxy groups -OCH3 is 1. The maximum atomic E-state index is 12.5. The molecule has 3 aromatic rings. The highest BCUT2D eigenvalue weighted by Crippen LogP contribution is 2.24. The third-order valence-corrected chi connectivity index (χ3v) is 5.46. The van der Waals surface area contributed by atoms with E-state index in [4.69, 9.17) is 21.4 Å². The number of hydrogen-bond donors (Lipinski definition) is 3. The van der Waals surface area contributed by atoms with Crippen molar-refractivity contribution in [1.82, 2.24) is 15.5 Å². The minimum Gasteiger partial charge on any atom is -0.497 e. The molecular weight excluding hydrogens is 412 g/mol. The summed E-state index contributed by atoms with van der Waals surface area (Å²) in [5.41, 5.74) is 1.65. The Balaban J connectivity index is 1.75. The summed E-state index contributed by atoms with van der Waals surface area (Å²) < 4.78 is 5.20. The highest BCUT2D eigenvalue weighted by Gasteiger charge is 2.20. The maximum Gasteiger partial charge on any atom is 0.319 e. The van der Waals surface area contributed by atoms with Crippen molar-refractivity contribution in [3.05, 3.63) is 69.1 Å². The second-order valence-electron chi connectivity index (χ2n) is 6.22. The maximum absolute atomic E-state index is 12.5. The van der Waals surface area contributed by atoms with E-state index < -0.39 is 0 Å². The lowest BCUT2D eigenvalue weighted by molar-refractivity contribution is 0.248. The number of hydrogen-bond acceptors (Lipinski definition) is 6. The first-order chi connectivity index (χ1) is 14.1. The van der Waals surface area contributed by atoms with Gasteiger partial charge in [0.1, 0.15) is 15.8 Å². The van der Waals surface area contributed by atoms with E-state index in [1.807, 2.05) is 24.3 Å². The van der Waals surface area contributed by atoms with E-state index in [0.29, 0.717) is 28.6 Å². The molecule has 2 aromatic carbocycles. The highest BCUT2D eigenvalue weighted by molar-refractivity contribution is 7.11. The van der Waals surface area contributed by atoms with Gasteiger partial charge in [0.05, 0.1) is 13.2 Å². The lowest BCUT2D eigenvalue weighted by Crippen LogP contribution is -2.33. The number of anilines is 1. The molecule has 0 saturated heterocycles. The molecule has 152 valence electrons. The molecule has 0 radical (unpaired) electrons. The third kappa shape index (κ3) is 6.15. The van der Waals surface area contributed by atoms with Crippen molar-refractivity contribution in [2.24, 2.45) is 0 Å². The van der Waals surface area contributed by atoms with Gasteiger partial charge in [0.15, 0.2) is 0 Å². The summed E-state index contributed by atoms with van der Waals surface area (Å²) in [6.45, 7) is 0.00224. The van der Waals surface area contributed by atoms with Crippen molar-refractivity contribution >= 4 is 34.7 Å². The predicted octanol–water partition coefficient (Wildman–Crippen LogP) is 3.84. The number of nitrogens with one attached hydrogen (secondary N) is 2. The minimum atomic E-state index is -0.374. The molecule has 7 nitrogen and oxygen atoms in total. The molecule has 0 fully saturated rings. The Labute approximate surface area is 177 Å². The predicted molar refractivity (Wildman–Crippen MR) is 114 cm³/mol. The number of amides is 2. The molecule has 1 atom stereocenters. The minimum absolute atomic E-state index is 0.00224. The molecule has 0 aliphatic heterocycles. The average molecular weight is 433 g/mol. The first kappa shape index (κ1) is 21.0. The second-order valence-corrected chi connectivity index (χ2v) is 7.75. The fraction of sp³-hybridized carbons (Fsp3) is 0.250. The SMILES string of the molecule is COc1ccc(CC(NC(=O)Nc2ccc(Cl)cc2)c2nnc(CCO)s2)cc1. The molecule has 1 heterocycles. The molecule has 29 heavy (non-hydrogen) atoms. The van der Waals surface area contributed by atoms with Gasteiger partial charge in [0.25, 0.3) is 0 Å². The van der Waals surface area contributed by atoms with Crippen molar-refractivity contribution in [3.8, 4) is 5.75 Å². The van der Waals surface area contributed by atoms with Crippen molar-refractivity contribution in [1.29, 1.82) is 0 Å². The van der Waals surface area contributed by atoms with E-state index in [-0.39, 0.29) is 18.7 Å². The van der Waals surface area contributed by atoms with Gasteiger partial charge in [-0.1, -0.05) is 35.1 Å². The number of nitrogens with zero attached hydrogens (tertiary/aromatic N) is 2. The summed E-state index contributed by atoms with van der Waals surface area (Å²) in [6, 6.07) is 13.8. The van der Waals surface area contributed by atoms with Crippen LogP contribution in [0.2, 0.25) is 5.02 Å². The molecule has 3 N–H and O–H groups in total. The molecule has 0 spiro atoms. The lowest BCUT2D eigenvalue weighted by Gasteiger charge is -2.17. The zero-order chi connectivity index (χ0) is 20.6. The van der Waals surface area contributed by atoms with Crippen LogP contribution in [-0.2, 0) is 12.8 Å². The first-order valence-electron chi connectivity index (χ1n) is 8.96. The van der Waals surface area contributed by atoms with Crippen LogP contribution in [0.25, 0.3) is 0 Å². The Morgan fingerprint density at radius 2 is 1.90 bits per heavy atom. The topological polar surface area (TPSA) is 96.4 Å². The number of aliphatic hydroxyl groups is 1. The van der Waals surface area contributed by atoms with E-state index >= 15 is 0 Å². The van der Waals surface area contributed by atoms with E-state index in [9.17, 15) is 4.79 Å². The van der Waals surface area contributed by atoms with Crippen molar-refractivity contribution in [2.45, 2.75) is 18.9 Å². The van der Waals surface area contributed by atoms with Gasteiger partial charge in [-0.15, -0.1) is 10.2 Å². The van der Waals surface area contributed by atoms with Gasteiger partial charge < -0.3 is 20.5 Å². The van der Waals surface area contributed by atoms with Gasteiger partial charge in [0.2, 0.25) is 0 Å². The number of rotatable bonds is 8.